The van der Waals surface area contributed by atoms with Gasteiger partial charge in [0.05, 0.1) is 6.04 Å². The Morgan fingerprint density at radius 1 is 1.30 bits per heavy atom. The summed E-state index contributed by atoms with van der Waals surface area (Å²) in [5, 5.41) is 3.48. The van der Waals surface area contributed by atoms with Crippen molar-refractivity contribution in [3.8, 4) is 0 Å². The highest BCUT2D eigenvalue weighted by Gasteiger charge is 2.29. The molecule has 3 aromatic rings. The minimum absolute atomic E-state index is 0.0347. The molecule has 4 nitrogen and oxygen atoms in total. The quantitative estimate of drug-likeness (QED) is 0.746. The maximum absolute atomic E-state index is 12.9. The third kappa shape index (κ3) is 2.28. The van der Waals surface area contributed by atoms with Crippen molar-refractivity contribution in [2.45, 2.75) is 19.4 Å². The molecule has 2 aromatic heterocycles. The maximum atomic E-state index is 12.9. The Bertz CT molecular complexity index is 957. The summed E-state index contributed by atoms with van der Waals surface area (Å²) in [7, 11) is 0. The molecule has 4 rings (SSSR count). The van der Waals surface area contributed by atoms with Crippen molar-refractivity contribution >= 4 is 28.0 Å². The zero-order chi connectivity index (χ0) is 16.0. The summed E-state index contributed by atoms with van der Waals surface area (Å²) in [6, 6.07) is 11.2. The smallest absolute Gasteiger partial charge is 0.270 e. The molecule has 1 N–H and O–H groups in total. The molecule has 1 atom stereocenters. The van der Waals surface area contributed by atoms with E-state index in [0.29, 0.717) is 17.6 Å². The van der Waals surface area contributed by atoms with E-state index in [1.165, 1.54) is 10.4 Å². The minimum Gasteiger partial charge on any atom is -0.330 e. The number of hydrogen-bond donors (Lipinski definition) is 1. The van der Waals surface area contributed by atoms with Gasteiger partial charge in [-0.15, -0.1) is 11.3 Å². The van der Waals surface area contributed by atoms with Gasteiger partial charge in [0.15, 0.2) is 0 Å². The van der Waals surface area contributed by atoms with Crippen LogP contribution in [0.15, 0.2) is 46.6 Å². The molecule has 0 radical (unpaired) electrons. The molecule has 0 aliphatic carbocycles. The van der Waals surface area contributed by atoms with Gasteiger partial charge in [-0.05, 0) is 47.9 Å². The van der Waals surface area contributed by atoms with Crippen LogP contribution in [0.4, 0.5) is 0 Å². The highest BCUT2D eigenvalue weighted by atomic mass is 32.1. The summed E-state index contributed by atoms with van der Waals surface area (Å²) in [5.41, 5.74) is 1.37. The van der Waals surface area contributed by atoms with Crippen LogP contribution in [0.25, 0.3) is 10.8 Å². The minimum atomic E-state index is -0.215. The first kappa shape index (κ1) is 14.2. The lowest BCUT2D eigenvalue weighted by molar-refractivity contribution is 0.0673. The number of amides is 1. The molecule has 0 saturated carbocycles. The van der Waals surface area contributed by atoms with E-state index < -0.39 is 0 Å². The average molecular weight is 324 g/mol. The molecule has 3 heterocycles. The van der Waals surface area contributed by atoms with Crippen molar-refractivity contribution in [2.24, 2.45) is 0 Å². The summed E-state index contributed by atoms with van der Waals surface area (Å²) in [6.45, 7) is 2.73. The standard InChI is InChI=1S/C18H16N2O2S/c1-11-13-7-9-23-16(13)6-8-20(11)18(22)15-10-12-4-2-3-5-14(12)17(21)19-15/h2-5,7,9-11H,6,8H2,1H3,(H,19,21)/t11-/m0/s1. The fraction of sp³-hybridized carbons (Fsp3) is 0.222. The summed E-state index contributed by atoms with van der Waals surface area (Å²) >= 11 is 1.75. The van der Waals surface area contributed by atoms with Gasteiger partial charge in [0.1, 0.15) is 5.69 Å². The molecule has 1 aliphatic heterocycles. The van der Waals surface area contributed by atoms with E-state index in [9.17, 15) is 9.59 Å². The molecule has 23 heavy (non-hydrogen) atoms. The highest BCUT2D eigenvalue weighted by molar-refractivity contribution is 7.10. The van der Waals surface area contributed by atoms with Gasteiger partial charge in [0.25, 0.3) is 11.5 Å². The predicted molar refractivity (Wildman–Crippen MR) is 92.0 cm³/mol. The number of benzene rings is 1. The van der Waals surface area contributed by atoms with Crippen LogP contribution in [0, 0.1) is 0 Å². The normalized spacial score (nSPS) is 17.3. The van der Waals surface area contributed by atoms with E-state index in [-0.39, 0.29) is 17.5 Å². The molecular weight excluding hydrogens is 308 g/mol. The molecule has 5 heteroatoms. The van der Waals surface area contributed by atoms with Crippen LogP contribution >= 0.6 is 11.3 Å². The lowest BCUT2D eigenvalue weighted by atomic mass is 10.0. The molecule has 1 aliphatic rings. The molecule has 1 aromatic carbocycles. The molecule has 0 spiro atoms. The van der Waals surface area contributed by atoms with E-state index in [4.69, 9.17) is 0 Å². The second-order valence-corrected chi connectivity index (χ2v) is 6.82. The largest absolute Gasteiger partial charge is 0.330 e. The lowest BCUT2D eigenvalue weighted by Gasteiger charge is -2.33. The number of hydrogen-bond acceptors (Lipinski definition) is 3. The number of nitrogens with one attached hydrogen (secondary N) is 1. The Labute approximate surface area is 137 Å². The van der Waals surface area contributed by atoms with Crippen molar-refractivity contribution in [1.29, 1.82) is 0 Å². The molecule has 0 saturated heterocycles. The van der Waals surface area contributed by atoms with Crippen molar-refractivity contribution in [2.75, 3.05) is 6.54 Å². The predicted octanol–water partition coefficient (Wildman–Crippen LogP) is 3.35. The molecular formula is C18H16N2O2S. The van der Waals surface area contributed by atoms with Crippen LogP contribution in [-0.2, 0) is 6.42 Å². The van der Waals surface area contributed by atoms with Crippen LogP contribution in [-0.4, -0.2) is 22.3 Å². The number of carbonyl (C=O) groups excluding carboxylic acids is 1. The van der Waals surface area contributed by atoms with Gasteiger partial charge in [-0.25, -0.2) is 0 Å². The Morgan fingerprint density at radius 2 is 2.13 bits per heavy atom. The third-order valence-electron chi connectivity index (χ3n) is 4.52. The van der Waals surface area contributed by atoms with Crippen molar-refractivity contribution < 1.29 is 4.79 Å². The van der Waals surface area contributed by atoms with Gasteiger partial charge in [0.2, 0.25) is 0 Å². The first-order valence-corrected chi connectivity index (χ1v) is 8.52. The molecule has 1 amide bonds. The van der Waals surface area contributed by atoms with Gasteiger partial charge < -0.3 is 9.88 Å². The van der Waals surface area contributed by atoms with Gasteiger partial charge in [0, 0.05) is 16.8 Å². The van der Waals surface area contributed by atoms with Gasteiger partial charge in [-0.2, -0.15) is 0 Å². The van der Waals surface area contributed by atoms with E-state index in [1.807, 2.05) is 30.0 Å². The van der Waals surface area contributed by atoms with E-state index >= 15 is 0 Å². The monoisotopic (exact) mass is 324 g/mol. The average Bonchev–Trinajstić information content (AvgIpc) is 3.04. The fourth-order valence-corrected chi connectivity index (χ4v) is 4.23. The molecule has 0 fully saturated rings. The topological polar surface area (TPSA) is 53.2 Å². The summed E-state index contributed by atoms with van der Waals surface area (Å²) in [5.74, 6) is -0.114. The zero-order valence-electron chi connectivity index (χ0n) is 12.7. The molecule has 116 valence electrons. The maximum Gasteiger partial charge on any atom is 0.270 e. The number of fused-ring (bicyclic) bond motifs is 2. The van der Waals surface area contributed by atoms with Crippen LogP contribution < -0.4 is 5.56 Å². The van der Waals surface area contributed by atoms with Crippen LogP contribution in [0.3, 0.4) is 0 Å². The summed E-state index contributed by atoms with van der Waals surface area (Å²) in [6.07, 6.45) is 0.876. The first-order valence-electron chi connectivity index (χ1n) is 7.64. The number of pyridine rings is 1. The fourth-order valence-electron chi connectivity index (χ4n) is 3.27. The third-order valence-corrected chi connectivity index (χ3v) is 5.52. The Kier molecular flexibility index (Phi) is 3.31. The van der Waals surface area contributed by atoms with Crippen molar-refractivity contribution in [1.82, 2.24) is 9.88 Å². The Hall–Kier alpha value is -2.40. The summed E-state index contributed by atoms with van der Waals surface area (Å²) < 4.78 is 0. The summed E-state index contributed by atoms with van der Waals surface area (Å²) in [4.78, 5) is 31.0. The molecule has 0 unspecified atom stereocenters. The SMILES string of the molecule is C[C@H]1c2ccsc2CCN1C(=O)c1cc2ccccc2c(=O)[nH]1. The second kappa shape index (κ2) is 5.35. The number of carbonyl (C=O) groups is 1. The number of aromatic amines is 1. The van der Waals surface area contributed by atoms with Gasteiger partial charge in [-0.1, -0.05) is 18.2 Å². The number of rotatable bonds is 1. The van der Waals surface area contributed by atoms with Crippen LogP contribution in [0.5, 0.6) is 0 Å². The van der Waals surface area contributed by atoms with Crippen molar-refractivity contribution in [3.05, 3.63) is 68.3 Å². The van der Waals surface area contributed by atoms with Crippen molar-refractivity contribution in [3.63, 3.8) is 0 Å². The van der Waals surface area contributed by atoms with Crippen LogP contribution in [0.1, 0.15) is 33.9 Å². The number of thiophene rings is 1. The first-order chi connectivity index (χ1) is 11.1. The van der Waals surface area contributed by atoms with Gasteiger partial charge >= 0.3 is 0 Å². The number of aromatic nitrogens is 1. The number of nitrogens with zero attached hydrogens (tertiary/aromatic N) is 1. The molecule has 0 bridgehead atoms. The van der Waals surface area contributed by atoms with E-state index in [2.05, 4.69) is 16.4 Å². The Morgan fingerprint density at radius 3 is 3.00 bits per heavy atom. The lowest BCUT2D eigenvalue weighted by Crippen LogP contribution is -2.39. The Balaban J connectivity index is 1.74. The van der Waals surface area contributed by atoms with Gasteiger partial charge in [-0.3, -0.25) is 9.59 Å². The van der Waals surface area contributed by atoms with E-state index in [0.717, 1.165) is 11.8 Å². The van der Waals surface area contributed by atoms with E-state index in [1.54, 1.807) is 23.5 Å². The zero-order valence-corrected chi connectivity index (χ0v) is 13.5. The second-order valence-electron chi connectivity index (χ2n) is 5.82. The highest BCUT2D eigenvalue weighted by Crippen LogP contribution is 2.33. The van der Waals surface area contributed by atoms with Crippen LogP contribution in [0.2, 0.25) is 0 Å². The number of H-pyrrole nitrogens is 1.